The first-order chi connectivity index (χ1) is 14.0. The van der Waals surface area contributed by atoms with Crippen molar-refractivity contribution in [2.75, 3.05) is 12.4 Å². The van der Waals surface area contributed by atoms with E-state index >= 15 is 0 Å². The molecule has 2 rings (SSSR count). The van der Waals surface area contributed by atoms with E-state index in [1.165, 1.54) is 26.4 Å². The number of benzene rings is 1. The first-order valence-electron chi connectivity index (χ1n) is 10.1. The average Bonchev–Trinajstić information content (AvgIpc) is 2.68. The number of methoxy groups -OCH3 is 1. The van der Waals surface area contributed by atoms with Crippen LogP contribution in [0.4, 0.5) is 5.69 Å². The molecule has 0 saturated heterocycles. The molecule has 0 unspecified atom stereocenters. The highest BCUT2D eigenvalue weighted by atomic mass is 16.5. The van der Waals surface area contributed by atoms with Gasteiger partial charge in [0.05, 0.1) is 13.5 Å². The second-order valence-corrected chi connectivity index (χ2v) is 7.26. The Kier molecular flexibility index (Phi) is 9.14. The molecule has 8 heteroatoms. The van der Waals surface area contributed by atoms with Gasteiger partial charge in [0.1, 0.15) is 5.75 Å². The number of carbonyl (C=O) groups excluding carboxylic acids is 3. The molecule has 1 aromatic carbocycles. The van der Waals surface area contributed by atoms with Gasteiger partial charge in [0.15, 0.2) is 0 Å². The number of rotatable bonds is 6. The van der Waals surface area contributed by atoms with Gasteiger partial charge in [-0.1, -0.05) is 38.2 Å². The third-order valence-electron chi connectivity index (χ3n) is 4.77. The van der Waals surface area contributed by atoms with Gasteiger partial charge in [-0.3, -0.25) is 14.4 Å². The van der Waals surface area contributed by atoms with Crippen molar-refractivity contribution in [1.82, 2.24) is 10.7 Å². The number of hydrogen-bond acceptors (Lipinski definition) is 5. The Morgan fingerprint density at radius 1 is 1.07 bits per heavy atom. The molecule has 158 valence electrons. The minimum Gasteiger partial charge on any atom is -0.497 e. The van der Waals surface area contributed by atoms with E-state index in [0.717, 1.165) is 25.7 Å². The Bertz CT molecular complexity index is 740. The third kappa shape index (κ3) is 8.33. The minimum atomic E-state index is -0.910. The van der Waals surface area contributed by atoms with Crippen molar-refractivity contribution in [2.45, 2.75) is 64.3 Å². The summed E-state index contributed by atoms with van der Waals surface area (Å²) in [5.41, 5.74) is 3.04. The predicted molar refractivity (Wildman–Crippen MR) is 112 cm³/mol. The number of ether oxygens (including phenoxy) is 1. The highest BCUT2D eigenvalue weighted by molar-refractivity contribution is 6.39. The summed E-state index contributed by atoms with van der Waals surface area (Å²) in [7, 11) is 1.51. The Balaban J connectivity index is 1.77. The molecule has 1 saturated carbocycles. The van der Waals surface area contributed by atoms with Crippen LogP contribution in [0.1, 0.15) is 58.3 Å². The van der Waals surface area contributed by atoms with Crippen LogP contribution in [0.15, 0.2) is 29.4 Å². The summed E-state index contributed by atoms with van der Waals surface area (Å²) in [5, 5.41) is 9.37. The van der Waals surface area contributed by atoms with Crippen LogP contribution in [-0.2, 0) is 14.4 Å². The van der Waals surface area contributed by atoms with Gasteiger partial charge in [-0.2, -0.15) is 5.10 Å². The lowest BCUT2D eigenvalue weighted by molar-refractivity contribution is -0.136. The lowest BCUT2D eigenvalue weighted by Gasteiger charge is -2.21. The zero-order chi connectivity index (χ0) is 21.1. The fourth-order valence-corrected chi connectivity index (χ4v) is 3.24. The molecule has 0 atom stereocenters. The summed E-state index contributed by atoms with van der Waals surface area (Å²) in [4.78, 5) is 36.1. The molecule has 0 aromatic heterocycles. The van der Waals surface area contributed by atoms with Gasteiger partial charge >= 0.3 is 11.8 Å². The smallest absolute Gasteiger partial charge is 0.329 e. The van der Waals surface area contributed by atoms with Gasteiger partial charge in [-0.05, 0) is 31.9 Å². The molecule has 29 heavy (non-hydrogen) atoms. The normalized spacial score (nSPS) is 15.6. The van der Waals surface area contributed by atoms with Crippen molar-refractivity contribution >= 4 is 29.1 Å². The van der Waals surface area contributed by atoms with Crippen LogP contribution < -0.4 is 20.8 Å². The van der Waals surface area contributed by atoms with Crippen LogP contribution in [0.2, 0.25) is 0 Å². The lowest BCUT2D eigenvalue weighted by Crippen LogP contribution is -2.36. The number of nitrogens with zero attached hydrogens (tertiary/aromatic N) is 1. The molecule has 8 nitrogen and oxygen atoms in total. The number of nitrogens with one attached hydrogen (secondary N) is 3. The molecular formula is C21H30N4O4. The molecule has 1 fully saturated rings. The molecule has 1 aliphatic rings. The van der Waals surface area contributed by atoms with Gasteiger partial charge in [-0.25, -0.2) is 5.43 Å². The van der Waals surface area contributed by atoms with Gasteiger partial charge < -0.3 is 15.4 Å². The second-order valence-electron chi connectivity index (χ2n) is 7.26. The molecule has 0 radical (unpaired) electrons. The Hall–Kier alpha value is -2.90. The van der Waals surface area contributed by atoms with Crippen LogP contribution in [0.25, 0.3) is 0 Å². The van der Waals surface area contributed by atoms with Crippen molar-refractivity contribution in [1.29, 1.82) is 0 Å². The zero-order valence-electron chi connectivity index (χ0n) is 17.1. The highest BCUT2D eigenvalue weighted by Crippen LogP contribution is 2.17. The van der Waals surface area contributed by atoms with E-state index in [4.69, 9.17) is 4.74 Å². The molecule has 3 N–H and O–H groups in total. The maximum absolute atomic E-state index is 12.2. The summed E-state index contributed by atoms with van der Waals surface area (Å²) in [6, 6.07) is 6.87. The molecule has 0 bridgehead atoms. The van der Waals surface area contributed by atoms with E-state index in [0.29, 0.717) is 17.1 Å². The van der Waals surface area contributed by atoms with Gasteiger partial charge in [-0.15, -0.1) is 0 Å². The van der Waals surface area contributed by atoms with Gasteiger partial charge in [0, 0.05) is 23.5 Å². The summed E-state index contributed by atoms with van der Waals surface area (Å²) < 4.78 is 5.07. The monoisotopic (exact) mass is 402 g/mol. The average molecular weight is 402 g/mol. The fraction of sp³-hybridized carbons (Fsp3) is 0.524. The molecule has 0 aliphatic heterocycles. The number of hydrogen-bond donors (Lipinski definition) is 3. The van der Waals surface area contributed by atoms with Crippen molar-refractivity contribution in [3.05, 3.63) is 24.3 Å². The first-order valence-corrected chi connectivity index (χ1v) is 10.1. The molecule has 1 aliphatic carbocycles. The Labute approximate surface area is 171 Å². The lowest BCUT2D eigenvalue weighted by atomic mass is 9.96. The van der Waals surface area contributed by atoms with E-state index in [1.807, 2.05) is 0 Å². The quantitative estimate of drug-likeness (QED) is 0.386. The van der Waals surface area contributed by atoms with Crippen LogP contribution in [-0.4, -0.2) is 36.6 Å². The topological polar surface area (TPSA) is 109 Å². The summed E-state index contributed by atoms with van der Waals surface area (Å²) >= 11 is 0. The van der Waals surface area contributed by atoms with E-state index in [9.17, 15) is 14.4 Å². The van der Waals surface area contributed by atoms with Gasteiger partial charge in [0.2, 0.25) is 5.91 Å². The van der Waals surface area contributed by atoms with E-state index in [2.05, 4.69) is 21.2 Å². The molecule has 3 amide bonds. The number of carbonyl (C=O) groups is 3. The largest absolute Gasteiger partial charge is 0.497 e. The fourth-order valence-electron chi connectivity index (χ4n) is 3.24. The van der Waals surface area contributed by atoms with Gasteiger partial charge in [0.25, 0.3) is 0 Å². The molecule has 1 aromatic rings. The second kappa shape index (κ2) is 11.8. The SMILES string of the molecule is COc1cccc(NC(=O)C(=O)NN=C(C)CC(=O)NC2CCCCCCC2)c1. The minimum absolute atomic E-state index is 0.0777. The van der Waals surface area contributed by atoms with Crippen LogP contribution in [0.3, 0.4) is 0 Å². The van der Waals surface area contributed by atoms with E-state index < -0.39 is 11.8 Å². The number of amides is 3. The highest BCUT2D eigenvalue weighted by Gasteiger charge is 2.16. The predicted octanol–water partition coefficient (Wildman–Crippen LogP) is 2.75. The van der Waals surface area contributed by atoms with Crippen LogP contribution >= 0.6 is 0 Å². The van der Waals surface area contributed by atoms with E-state index in [-0.39, 0.29) is 18.4 Å². The summed E-state index contributed by atoms with van der Waals surface area (Å²) in [6.07, 6.45) is 8.07. The standard InChI is InChI=1S/C21H30N4O4/c1-15(13-19(26)22-16-9-6-4-3-5-7-10-16)24-25-21(28)20(27)23-17-11-8-12-18(14-17)29-2/h8,11-12,14,16H,3-7,9-10,13H2,1-2H3,(H,22,26)(H,23,27)(H,25,28). The van der Waals surface area contributed by atoms with Crippen molar-refractivity contribution in [3.8, 4) is 5.75 Å². The van der Waals surface area contributed by atoms with Crippen molar-refractivity contribution in [3.63, 3.8) is 0 Å². The zero-order valence-corrected chi connectivity index (χ0v) is 17.1. The summed E-state index contributed by atoms with van der Waals surface area (Å²) in [5.74, 6) is -1.32. The first kappa shape index (κ1) is 22.4. The third-order valence-corrected chi connectivity index (χ3v) is 4.77. The molecular weight excluding hydrogens is 372 g/mol. The maximum Gasteiger partial charge on any atom is 0.329 e. The number of anilines is 1. The molecule has 0 heterocycles. The maximum atomic E-state index is 12.2. The van der Waals surface area contributed by atoms with Crippen molar-refractivity contribution < 1.29 is 19.1 Å². The Morgan fingerprint density at radius 2 is 1.76 bits per heavy atom. The summed E-state index contributed by atoms with van der Waals surface area (Å²) in [6.45, 7) is 1.64. The van der Waals surface area contributed by atoms with E-state index in [1.54, 1.807) is 31.2 Å². The number of hydrazone groups is 1. The Morgan fingerprint density at radius 3 is 2.45 bits per heavy atom. The van der Waals surface area contributed by atoms with Crippen LogP contribution in [0, 0.1) is 0 Å². The van der Waals surface area contributed by atoms with Crippen molar-refractivity contribution in [2.24, 2.45) is 5.10 Å². The van der Waals surface area contributed by atoms with Crippen LogP contribution in [0.5, 0.6) is 5.75 Å². The molecule has 0 spiro atoms.